The summed E-state index contributed by atoms with van der Waals surface area (Å²) in [6.45, 7) is 0. The number of rotatable bonds is 2. The molecule has 0 fully saturated rings. The van der Waals surface area contributed by atoms with Crippen molar-refractivity contribution in [2.45, 2.75) is 0 Å². The number of nitrogens with two attached hydrogens (primary N) is 1. The first-order chi connectivity index (χ1) is 9.65. The molecule has 0 spiro atoms. The van der Waals surface area contributed by atoms with Crippen molar-refractivity contribution in [2.24, 2.45) is 0 Å². The maximum Gasteiger partial charge on any atom is 0.0762 e. The molecule has 3 aromatic rings. The van der Waals surface area contributed by atoms with Crippen molar-refractivity contribution in [1.29, 1.82) is 0 Å². The van der Waals surface area contributed by atoms with Gasteiger partial charge in [-0.2, -0.15) is 5.10 Å². The Balaban J connectivity index is 2.15. The lowest BCUT2D eigenvalue weighted by Gasteiger charge is -2.10. The fraction of sp³-hybridized carbons (Fsp3) is 0. The standard InChI is InChI=1S/C15H11Cl2N3/c16-10-1-4-12(5-2-10)20-15(7-8-19-20)13-9-11(17)3-6-14(13)18/h1-9H,18H2. The van der Waals surface area contributed by atoms with Gasteiger partial charge in [0.2, 0.25) is 0 Å². The van der Waals surface area contributed by atoms with Gasteiger partial charge < -0.3 is 5.73 Å². The Morgan fingerprint density at radius 1 is 0.900 bits per heavy atom. The number of nitrogens with zero attached hydrogens (tertiary/aromatic N) is 2. The lowest BCUT2D eigenvalue weighted by molar-refractivity contribution is 0.888. The highest BCUT2D eigenvalue weighted by molar-refractivity contribution is 6.31. The fourth-order valence-electron chi connectivity index (χ4n) is 2.05. The maximum absolute atomic E-state index is 6.05. The second-order valence-electron chi connectivity index (χ2n) is 4.34. The van der Waals surface area contributed by atoms with Crippen LogP contribution in [0, 0.1) is 0 Å². The van der Waals surface area contributed by atoms with Crippen LogP contribution in [0.2, 0.25) is 10.0 Å². The Bertz CT molecular complexity index is 748. The van der Waals surface area contributed by atoms with Crippen LogP contribution in [0.5, 0.6) is 0 Å². The van der Waals surface area contributed by atoms with Crippen LogP contribution < -0.4 is 5.73 Å². The van der Waals surface area contributed by atoms with Crippen LogP contribution in [-0.4, -0.2) is 9.78 Å². The summed E-state index contributed by atoms with van der Waals surface area (Å²) in [4.78, 5) is 0. The van der Waals surface area contributed by atoms with E-state index in [1.54, 1.807) is 23.0 Å². The third kappa shape index (κ3) is 2.38. The van der Waals surface area contributed by atoms with Crippen molar-refractivity contribution in [3.05, 3.63) is 64.8 Å². The summed E-state index contributed by atoms with van der Waals surface area (Å²) in [6.07, 6.45) is 1.73. The molecule has 0 amide bonds. The predicted octanol–water partition coefficient (Wildman–Crippen LogP) is 4.43. The van der Waals surface area contributed by atoms with E-state index in [0.717, 1.165) is 16.9 Å². The minimum atomic E-state index is 0.637. The van der Waals surface area contributed by atoms with Crippen molar-refractivity contribution in [2.75, 3.05) is 5.73 Å². The molecule has 20 heavy (non-hydrogen) atoms. The average Bonchev–Trinajstić information content (AvgIpc) is 2.91. The van der Waals surface area contributed by atoms with Gasteiger partial charge in [0.1, 0.15) is 0 Å². The van der Waals surface area contributed by atoms with E-state index in [0.29, 0.717) is 15.7 Å². The monoisotopic (exact) mass is 303 g/mol. The van der Waals surface area contributed by atoms with Crippen LogP contribution in [0.1, 0.15) is 0 Å². The first kappa shape index (κ1) is 13.0. The predicted molar refractivity (Wildman–Crippen MR) is 83.4 cm³/mol. The van der Waals surface area contributed by atoms with Gasteiger partial charge in [0.25, 0.3) is 0 Å². The third-order valence-electron chi connectivity index (χ3n) is 3.01. The zero-order valence-electron chi connectivity index (χ0n) is 10.4. The van der Waals surface area contributed by atoms with Gasteiger partial charge in [-0.3, -0.25) is 0 Å². The van der Waals surface area contributed by atoms with E-state index in [1.165, 1.54) is 0 Å². The first-order valence-corrected chi connectivity index (χ1v) is 6.76. The molecule has 0 aliphatic rings. The first-order valence-electron chi connectivity index (χ1n) is 6.00. The van der Waals surface area contributed by atoms with Gasteiger partial charge >= 0.3 is 0 Å². The largest absolute Gasteiger partial charge is 0.398 e. The van der Waals surface area contributed by atoms with Gasteiger partial charge in [-0.05, 0) is 48.5 Å². The molecule has 3 rings (SSSR count). The molecule has 0 aliphatic carbocycles. The second kappa shape index (κ2) is 5.19. The molecular weight excluding hydrogens is 293 g/mol. The summed E-state index contributed by atoms with van der Waals surface area (Å²) in [6, 6.07) is 14.7. The van der Waals surface area contributed by atoms with Crippen LogP contribution in [0.3, 0.4) is 0 Å². The highest BCUT2D eigenvalue weighted by Crippen LogP contribution is 2.30. The molecule has 0 aliphatic heterocycles. The molecule has 0 bridgehead atoms. The van der Waals surface area contributed by atoms with Gasteiger partial charge in [0, 0.05) is 21.3 Å². The smallest absolute Gasteiger partial charge is 0.0762 e. The van der Waals surface area contributed by atoms with Crippen molar-refractivity contribution in [3.8, 4) is 16.9 Å². The quantitative estimate of drug-likeness (QED) is 0.712. The van der Waals surface area contributed by atoms with Crippen LogP contribution >= 0.6 is 23.2 Å². The third-order valence-corrected chi connectivity index (χ3v) is 3.49. The second-order valence-corrected chi connectivity index (χ2v) is 5.21. The molecule has 100 valence electrons. The van der Waals surface area contributed by atoms with Crippen LogP contribution in [0.25, 0.3) is 16.9 Å². The highest BCUT2D eigenvalue weighted by Gasteiger charge is 2.10. The van der Waals surface area contributed by atoms with Crippen molar-refractivity contribution in [1.82, 2.24) is 9.78 Å². The number of anilines is 1. The number of hydrogen-bond donors (Lipinski definition) is 1. The van der Waals surface area contributed by atoms with E-state index < -0.39 is 0 Å². The summed E-state index contributed by atoms with van der Waals surface area (Å²) in [5.74, 6) is 0. The number of aromatic nitrogens is 2. The lowest BCUT2D eigenvalue weighted by Crippen LogP contribution is -2.00. The van der Waals surface area contributed by atoms with Gasteiger partial charge in [0.15, 0.2) is 0 Å². The molecule has 0 saturated heterocycles. The minimum absolute atomic E-state index is 0.637. The van der Waals surface area contributed by atoms with Gasteiger partial charge in [-0.25, -0.2) is 4.68 Å². The number of benzene rings is 2. The Kier molecular flexibility index (Phi) is 3.38. The summed E-state index contributed by atoms with van der Waals surface area (Å²) < 4.78 is 1.80. The average molecular weight is 304 g/mol. The van der Waals surface area contributed by atoms with Crippen LogP contribution in [0.15, 0.2) is 54.7 Å². The van der Waals surface area contributed by atoms with Crippen LogP contribution in [0.4, 0.5) is 5.69 Å². The Morgan fingerprint density at radius 2 is 1.60 bits per heavy atom. The van der Waals surface area contributed by atoms with Gasteiger partial charge in [-0.15, -0.1) is 0 Å². The molecule has 0 radical (unpaired) electrons. The van der Waals surface area contributed by atoms with Crippen molar-refractivity contribution in [3.63, 3.8) is 0 Å². The molecule has 3 nitrogen and oxygen atoms in total. The molecule has 1 heterocycles. The van der Waals surface area contributed by atoms with E-state index in [-0.39, 0.29) is 0 Å². The van der Waals surface area contributed by atoms with E-state index >= 15 is 0 Å². The van der Waals surface area contributed by atoms with Crippen LogP contribution in [-0.2, 0) is 0 Å². The number of hydrogen-bond acceptors (Lipinski definition) is 2. The van der Waals surface area contributed by atoms with Gasteiger partial charge in [0.05, 0.1) is 17.6 Å². The van der Waals surface area contributed by atoms with E-state index in [9.17, 15) is 0 Å². The minimum Gasteiger partial charge on any atom is -0.398 e. The Labute approximate surface area is 126 Å². The molecule has 2 aromatic carbocycles. The summed E-state index contributed by atoms with van der Waals surface area (Å²) in [5.41, 5.74) is 9.33. The topological polar surface area (TPSA) is 43.8 Å². The zero-order valence-corrected chi connectivity index (χ0v) is 11.9. The summed E-state index contributed by atoms with van der Waals surface area (Å²) >= 11 is 12.0. The fourth-order valence-corrected chi connectivity index (χ4v) is 2.34. The van der Waals surface area contributed by atoms with E-state index in [1.807, 2.05) is 36.4 Å². The molecule has 5 heteroatoms. The molecule has 2 N–H and O–H groups in total. The summed E-state index contributed by atoms with van der Waals surface area (Å²) in [7, 11) is 0. The maximum atomic E-state index is 6.05. The van der Waals surface area contributed by atoms with Crippen molar-refractivity contribution >= 4 is 28.9 Å². The van der Waals surface area contributed by atoms with E-state index in [2.05, 4.69) is 5.10 Å². The number of halogens is 2. The Hall–Kier alpha value is -1.97. The van der Waals surface area contributed by atoms with Crippen molar-refractivity contribution < 1.29 is 0 Å². The SMILES string of the molecule is Nc1ccc(Cl)cc1-c1ccnn1-c1ccc(Cl)cc1. The summed E-state index contributed by atoms with van der Waals surface area (Å²) in [5, 5.41) is 5.66. The van der Waals surface area contributed by atoms with Gasteiger partial charge in [-0.1, -0.05) is 23.2 Å². The molecule has 0 unspecified atom stereocenters. The number of nitrogen functional groups attached to an aromatic ring is 1. The van der Waals surface area contributed by atoms with E-state index in [4.69, 9.17) is 28.9 Å². The lowest BCUT2D eigenvalue weighted by atomic mass is 10.1. The molecule has 0 saturated carbocycles. The molecular formula is C15H11Cl2N3. The normalized spacial score (nSPS) is 10.7. The Morgan fingerprint density at radius 3 is 2.35 bits per heavy atom. The highest BCUT2D eigenvalue weighted by atomic mass is 35.5. The molecule has 1 aromatic heterocycles. The molecule has 0 atom stereocenters. The zero-order chi connectivity index (χ0) is 14.1.